The monoisotopic (exact) mass is 282 g/mol. The largest absolute Gasteiger partial charge is 0.481 e. The summed E-state index contributed by atoms with van der Waals surface area (Å²) in [6.07, 6.45) is 4.17. The van der Waals surface area contributed by atoms with E-state index in [1.54, 1.807) is 17.9 Å². The quantitative estimate of drug-likeness (QED) is 0.901. The number of aromatic nitrogens is 1. The highest BCUT2D eigenvalue weighted by atomic mass is 35.5. The molecule has 6 heteroatoms. The maximum Gasteiger partial charge on any atom is 0.311 e. The predicted molar refractivity (Wildman–Crippen MR) is 70.1 cm³/mol. The van der Waals surface area contributed by atoms with Gasteiger partial charge in [0.15, 0.2) is 0 Å². The van der Waals surface area contributed by atoms with Gasteiger partial charge in [-0.1, -0.05) is 11.6 Å². The number of hydrogen-bond donors (Lipinski definition) is 1. The Bertz CT molecular complexity index is 520. The molecule has 1 aliphatic heterocycles. The van der Waals surface area contributed by atoms with Crippen molar-refractivity contribution in [3.63, 3.8) is 0 Å². The first-order valence-electron chi connectivity index (χ1n) is 6.06. The molecule has 19 heavy (non-hydrogen) atoms. The molecule has 5 nitrogen and oxygen atoms in total. The van der Waals surface area contributed by atoms with Gasteiger partial charge in [0.2, 0.25) is 0 Å². The van der Waals surface area contributed by atoms with Gasteiger partial charge in [-0.2, -0.15) is 0 Å². The highest BCUT2D eigenvalue weighted by molar-refractivity contribution is 6.33. The molecule has 0 spiro atoms. The van der Waals surface area contributed by atoms with Crippen LogP contribution in [-0.4, -0.2) is 40.0 Å². The summed E-state index contributed by atoms with van der Waals surface area (Å²) in [7, 11) is 0. The van der Waals surface area contributed by atoms with Crippen LogP contribution < -0.4 is 0 Å². The lowest BCUT2D eigenvalue weighted by atomic mass is 9.82. The minimum absolute atomic E-state index is 0.208. The molecule has 0 aromatic carbocycles. The van der Waals surface area contributed by atoms with Crippen LogP contribution in [0.4, 0.5) is 0 Å². The van der Waals surface area contributed by atoms with Crippen molar-refractivity contribution < 1.29 is 14.7 Å². The number of carbonyl (C=O) groups is 2. The molecule has 2 heterocycles. The molecule has 1 aromatic rings. The lowest BCUT2D eigenvalue weighted by Gasteiger charge is -2.37. The van der Waals surface area contributed by atoms with Gasteiger partial charge in [-0.15, -0.1) is 0 Å². The molecule has 1 aromatic heterocycles. The van der Waals surface area contributed by atoms with Gasteiger partial charge in [0.1, 0.15) is 0 Å². The average molecular weight is 283 g/mol. The molecular formula is C13H15ClN2O3. The molecule has 1 unspecified atom stereocenters. The van der Waals surface area contributed by atoms with Crippen molar-refractivity contribution in [2.24, 2.45) is 5.41 Å². The van der Waals surface area contributed by atoms with E-state index >= 15 is 0 Å². The van der Waals surface area contributed by atoms with E-state index in [0.717, 1.165) is 0 Å². The second-order valence-corrected chi connectivity index (χ2v) is 5.46. The second kappa shape index (κ2) is 5.17. The molecule has 1 fully saturated rings. The van der Waals surface area contributed by atoms with Crippen LogP contribution in [0.2, 0.25) is 5.02 Å². The number of pyridine rings is 1. The second-order valence-electron chi connectivity index (χ2n) is 5.05. The summed E-state index contributed by atoms with van der Waals surface area (Å²) in [4.78, 5) is 29.0. The molecule has 0 radical (unpaired) electrons. The molecule has 0 saturated carbocycles. The van der Waals surface area contributed by atoms with Gasteiger partial charge < -0.3 is 10.0 Å². The number of carboxylic acids is 1. The number of rotatable bonds is 2. The van der Waals surface area contributed by atoms with Gasteiger partial charge in [0.25, 0.3) is 5.91 Å². The molecule has 1 aliphatic rings. The maximum atomic E-state index is 12.4. The third-order valence-electron chi connectivity index (χ3n) is 3.50. The molecule has 2 rings (SSSR count). The fourth-order valence-electron chi connectivity index (χ4n) is 2.31. The van der Waals surface area contributed by atoms with Crippen LogP contribution in [0.15, 0.2) is 18.5 Å². The first kappa shape index (κ1) is 13.8. The minimum Gasteiger partial charge on any atom is -0.481 e. The summed E-state index contributed by atoms with van der Waals surface area (Å²) in [5.74, 6) is -1.11. The molecule has 1 amide bonds. The molecule has 0 aliphatic carbocycles. The van der Waals surface area contributed by atoms with Crippen molar-refractivity contribution in [2.45, 2.75) is 19.8 Å². The summed E-state index contributed by atoms with van der Waals surface area (Å²) in [5, 5.41) is 9.54. The highest BCUT2D eigenvalue weighted by Crippen LogP contribution is 2.31. The Kier molecular flexibility index (Phi) is 3.75. The normalized spacial score (nSPS) is 23.2. The van der Waals surface area contributed by atoms with Crippen molar-refractivity contribution in [1.82, 2.24) is 9.88 Å². The van der Waals surface area contributed by atoms with Crippen LogP contribution in [0.5, 0.6) is 0 Å². The molecule has 102 valence electrons. The van der Waals surface area contributed by atoms with Crippen LogP contribution >= 0.6 is 11.6 Å². The maximum absolute atomic E-state index is 12.4. The Balaban J connectivity index is 2.21. The number of carbonyl (C=O) groups excluding carboxylic acids is 1. The van der Waals surface area contributed by atoms with Crippen LogP contribution in [0.3, 0.4) is 0 Å². The van der Waals surface area contributed by atoms with Crippen molar-refractivity contribution in [2.75, 3.05) is 13.1 Å². The Morgan fingerprint density at radius 2 is 2.26 bits per heavy atom. The summed E-state index contributed by atoms with van der Waals surface area (Å²) in [5.41, 5.74) is -0.515. The number of halogens is 1. The topological polar surface area (TPSA) is 70.5 Å². The van der Waals surface area contributed by atoms with Gasteiger partial charge in [-0.25, -0.2) is 0 Å². The minimum atomic E-state index is -0.882. The summed E-state index contributed by atoms with van der Waals surface area (Å²) >= 11 is 5.95. The molecule has 0 bridgehead atoms. The van der Waals surface area contributed by atoms with Crippen molar-refractivity contribution >= 4 is 23.5 Å². The zero-order valence-electron chi connectivity index (χ0n) is 10.6. The summed E-state index contributed by atoms with van der Waals surface area (Å²) in [6, 6.07) is 1.55. The van der Waals surface area contributed by atoms with Gasteiger partial charge in [0.05, 0.1) is 16.0 Å². The fourth-order valence-corrected chi connectivity index (χ4v) is 2.51. The number of nitrogens with zero attached hydrogens (tertiary/aromatic N) is 2. The van der Waals surface area contributed by atoms with Crippen LogP contribution in [0.1, 0.15) is 30.1 Å². The number of piperidine rings is 1. The summed E-state index contributed by atoms with van der Waals surface area (Å²) in [6.45, 7) is 2.43. The van der Waals surface area contributed by atoms with Crippen LogP contribution in [0.25, 0.3) is 0 Å². The molecule has 1 saturated heterocycles. The van der Waals surface area contributed by atoms with E-state index in [1.807, 2.05) is 0 Å². The molecular weight excluding hydrogens is 268 g/mol. The number of hydrogen-bond acceptors (Lipinski definition) is 3. The van der Waals surface area contributed by atoms with E-state index < -0.39 is 11.4 Å². The van der Waals surface area contributed by atoms with Crippen molar-refractivity contribution in [1.29, 1.82) is 0 Å². The zero-order valence-corrected chi connectivity index (χ0v) is 11.4. The number of likely N-dealkylation sites (tertiary alicyclic amines) is 1. The standard InChI is InChI=1S/C13H15ClN2O3/c1-13(12(18)19)4-2-6-16(8-13)11(17)9-3-5-15-7-10(9)14/h3,5,7H,2,4,6,8H2,1H3,(H,18,19). The fraction of sp³-hybridized carbons (Fsp3) is 0.462. The van der Waals surface area contributed by atoms with E-state index in [2.05, 4.69) is 4.98 Å². The van der Waals surface area contributed by atoms with Gasteiger partial charge in [0, 0.05) is 25.5 Å². The van der Waals surface area contributed by atoms with Gasteiger partial charge in [-0.05, 0) is 25.8 Å². The lowest BCUT2D eigenvalue weighted by molar-refractivity contribution is -0.150. The Morgan fingerprint density at radius 3 is 2.89 bits per heavy atom. The Hall–Kier alpha value is -1.62. The zero-order chi connectivity index (χ0) is 14.0. The lowest BCUT2D eigenvalue weighted by Crippen LogP contribution is -2.48. The first-order valence-corrected chi connectivity index (χ1v) is 6.44. The van der Waals surface area contributed by atoms with Gasteiger partial charge >= 0.3 is 5.97 Å². The molecule has 1 N–H and O–H groups in total. The number of amides is 1. The van der Waals surface area contributed by atoms with E-state index in [1.165, 1.54) is 12.4 Å². The average Bonchev–Trinajstić information content (AvgIpc) is 2.38. The Morgan fingerprint density at radius 1 is 1.53 bits per heavy atom. The van der Waals surface area contributed by atoms with Crippen LogP contribution in [-0.2, 0) is 4.79 Å². The SMILES string of the molecule is CC1(C(=O)O)CCCN(C(=O)c2ccncc2Cl)C1. The third kappa shape index (κ3) is 2.71. The van der Waals surface area contributed by atoms with E-state index in [4.69, 9.17) is 11.6 Å². The predicted octanol–water partition coefficient (Wildman–Crippen LogP) is 2.06. The van der Waals surface area contributed by atoms with Crippen molar-refractivity contribution in [3.05, 3.63) is 29.0 Å². The first-order chi connectivity index (χ1) is 8.94. The summed E-state index contributed by atoms with van der Waals surface area (Å²) < 4.78 is 0. The van der Waals surface area contributed by atoms with Crippen LogP contribution in [0, 0.1) is 5.41 Å². The number of carboxylic acid groups (broad SMARTS) is 1. The smallest absolute Gasteiger partial charge is 0.311 e. The van der Waals surface area contributed by atoms with E-state index in [-0.39, 0.29) is 17.5 Å². The molecule has 1 atom stereocenters. The van der Waals surface area contributed by atoms with Crippen molar-refractivity contribution in [3.8, 4) is 0 Å². The van der Waals surface area contributed by atoms with E-state index in [9.17, 15) is 14.7 Å². The van der Waals surface area contributed by atoms with E-state index in [0.29, 0.717) is 24.9 Å². The number of aliphatic carboxylic acids is 1. The Labute approximate surface area is 116 Å². The highest BCUT2D eigenvalue weighted by Gasteiger charge is 2.39. The third-order valence-corrected chi connectivity index (χ3v) is 3.80. The van der Waals surface area contributed by atoms with Gasteiger partial charge in [-0.3, -0.25) is 14.6 Å².